The number of hydrogen-bond donors (Lipinski definition) is 2. The molecule has 1 fully saturated rings. The Bertz CT molecular complexity index is 525. The predicted octanol–water partition coefficient (Wildman–Crippen LogP) is 2.68. The lowest BCUT2D eigenvalue weighted by atomic mass is 10.1. The van der Waals surface area contributed by atoms with E-state index in [0.717, 1.165) is 42.2 Å². The number of carbonyl (C=O) groups excluding carboxylic acids is 1. The zero-order valence-corrected chi connectivity index (χ0v) is 13.7. The third kappa shape index (κ3) is 4.11. The first kappa shape index (κ1) is 16.1. The van der Waals surface area contributed by atoms with E-state index < -0.39 is 0 Å². The molecular weight excluding hydrogens is 286 g/mol. The average Bonchev–Trinajstić information content (AvgIpc) is 2.85. The zero-order valence-electron chi connectivity index (χ0n) is 12.9. The van der Waals surface area contributed by atoms with Gasteiger partial charge in [0.2, 0.25) is 5.91 Å². The Kier molecular flexibility index (Phi) is 4.79. The summed E-state index contributed by atoms with van der Waals surface area (Å²) in [5.41, 5.74) is 7.55. The molecule has 116 valence electrons. The van der Waals surface area contributed by atoms with Crippen molar-refractivity contribution < 1.29 is 4.79 Å². The van der Waals surface area contributed by atoms with Gasteiger partial charge in [0.1, 0.15) is 6.04 Å². The number of nitrogens with two attached hydrogens (primary N) is 1. The summed E-state index contributed by atoms with van der Waals surface area (Å²) in [6, 6.07) is 5.77. The second kappa shape index (κ2) is 6.24. The average molecular weight is 310 g/mol. The maximum Gasteiger partial charge on any atom is 0.240 e. The van der Waals surface area contributed by atoms with Gasteiger partial charge in [0, 0.05) is 29.3 Å². The molecule has 3 N–H and O–H groups in total. The largest absolute Gasteiger partial charge is 0.368 e. The van der Waals surface area contributed by atoms with Crippen LogP contribution in [0.1, 0.15) is 39.2 Å². The van der Waals surface area contributed by atoms with Gasteiger partial charge in [-0.3, -0.25) is 4.79 Å². The lowest BCUT2D eigenvalue weighted by molar-refractivity contribution is -0.119. The monoisotopic (exact) mass is 309 g/mol. The predicted molar refractivity (Wildman–Crippen MR) is 87.6 cm³/mol. The molecule has 1 aromatic carbocycles. The van der Waals surface area contributed by atoms with Gasteiger partial charge in [0.15, 0.2) is 0 Å². The summed E-state index contributed by atoms with van der Waals surface area (Å²) in [7, 11) is 0. The number of halogens is 1. The van der Waals surface area contributed by atoms with Crippen molar-refractivity contribution in [3.8, 4) is 0 Å². The molecule has 2 rings (SSSR count). The molecular formula is C16H24ClN3O. The van der Waals surface area contributed by atoms with E-state index in [1.165, 1.54) is 0 Å². The molecule has 0 aromatic heterocycles. The number of anilines is 1. The van der Waals surface area contributed by atoms with Crippen LogP contribution in [0.15, 0.2) is 18.2 Å². The SMILES string of the molecule is CC(C)(C)NCc1ccc(N2CCCC2C(N)=O)cc1Cl. The van der Waals surface area contributed by atoms with Crippen molar-refractivity contribution in [2.24, 2.45) is 5.73 Å². The van der Waals surface area contributed by atoms with Crippen LogP contribution in [0.4, 0.5) is 5.69 Å². The van der Waals surface area contributed by atoms with Gasteiger partial charge in [-0.2, -0.15) is 0 Å². The van der Waals surface area contributed by atoms with Crippen molar-refractivity contribution in [3.63, 3.8) is 0 Å². The van der Waals surface area contributed by atoms with Crippen molar-refractivity contribution >= 4 is 23.2 Å². The Balaban J connectivity index is 2.13. The fourth-order valence-corrected chi connectivity index (χ4v) is 2.83. The third-order valence-electron chi connectivity index (χ3n) is 3.76. The molecule has 1 aliphatic heterocycles. The van der Waals surface area contributed by atoms with Gasteiger partial charge in [-0.05, 0) is 51.3 Å². The highest BCUT2D eigenvalue weighted by Gasteiger charge is 2.29. The van der Waals surface area contributed by atoms with Crippen LogP contribution < -0.4 is 16.0 Å². The summed E-state index contributed by atoms with van der Waals surface area (Å²) >= 11 is 6.38. The van der Waals surface area contributed by atoms with E-state index in [-0.39, 0.29) is 17.5 Å². The van der Waals surface area contributed by atoms with Gasteiger partial charge < -0.3 is 16.0 Å². The van der Waals surface area contributed by atoms with E-state index in [9.17, 15) is 4.79 Å². The maximum absolute atomic E-state index is 11.5. The van der Waals surface area contributed by atoms with E-state index in [1.807, 2.05) is 18.2 Å². The fourth-order valence-electron chi connectivity index (χ4n) is 2.59. The van der Waals surface area contributed by atoms with Crippen molar-refractivity contribution in [3.05, 3.63) is 28.8 Å². The highest BCUT2D eigenvalue weighted by molar-refractivity contribution is 6.31. The molecule has 4 nitrogen and oxygen atoms in total. The topological polar surface area (TPSA) is 58.4 Å². The van der Waals surface area contributed by atoms with Gasteiger partial charge in [-0.15, -0.1) is 0 Å². The molecule has 0 bridgehead atoms. The first-order valence-electron chi connectivity index (χ1n) is 7.37. The molecule has 1 amide bonds. The van der Waals surface area contributed by atoms with Gasteiger partial charge in [-0.1, -0.05) is 17.7 Å². The van der Waals surface area contributed by atoms with Crippen LogP contribution in [0, 0.1) is 0 Å². The van der Waals surface area contributed by atoms with Crippen LogP contribution in [0.2, 0.25) is 5.02 Å². The summed E-state index contributed by atoms with van der Waals surface area (Å²) < 4.78 is 0. The Morgan fingerprint density at radius 2 is 2.19 bits per heavy atom. The van der Waals surface area contributed by atoms with Gasteiger partial charge in [0.25, 0.3) is 0 Å². The van der Waals surface area contributed by atoms with E-state index in [2.05, 4.69) is 31.0 Å². The molecule has 1 atom stereocenters. The summed E-state index contributed by atoms with van der Waals surface area (Å²) in [5.74, 6) is -0.262. The second-order valence-electron chi connectivity index (χ2n) is 6.63. The van der Waals surface area contributed by atoms with E-state index >= 15 is 0 Å². The van der Waals surface area contributed by atoms with E-state index in [1.54, 1.807) is 0 Å². The Morgan fingerprint density at radius 1 is 1.48 bits per heavy atom. The molecule has 1 aliphatic rings. The van der Waals surface area contributed by atoms with Crippen molar-refractivity contribution in [1.29, 1.82) is 0 Å². The highest BCUT2D eigenvalue weighted by atomic mass is 35.5. The van der Waals surface area contributed by atoms with Gasteiger partial charge in [-0.25, -0.2) is 0 Å². The highest BCUT2D eigenvalue weighted by Crippen LogP contribution is 2.29. The quantitative estimate of drug-likeness (QED) is 0.899. The van der Waals surface area contributed by atoms with E-state index in [4.69, 9.17) is 17.3 Å². The second-order valence-corrected chi connectivity index (χ2v) is 7.04. The number of nitrogens with zero attached hydrogens (tertiary/aromatic N) is 1. The van der Waals surface area contributed by atoms with Crippen LogP contribution >= 0.6 is 11.6 Å². The molecule has 1 heterocycles. The zero-order chi connectivity index (χ0) is 15.6. The minimum Gasteiger partial charge on any atom is -0.368 e. The van der Waals surface area contributed by atoms with Crippen molar-refractivity contribution in [2.75, 3.05) is 11.4 Å². The molecule has 0 spiro atoms. The van der Waals surface area contributed by atoms with Crippen LogP contribution in [0.5, 0.6) is 0 Å². The number of benzene rings is 1. The summed E-state index contributed by atoms with van der Waals surface area (Å²) in [4.78, 5) is 13.5. The normalized spacial score (nSPS) is 19.0. The Labute approximate surface area is 131 Å². The van der Waals surface area contributed by atoms with Crippen molar-refractivity contribution in [1.82, 2.24) is 5.32 Å². The molecule has 0 aliphatic carbocycles. The molecule has 1 saturated heterocycles. The van der Waals surface area contributed by atoms with Crippen LogP contribution in [0.3, 0.4) is 0 Å². The number of hydrogen-bond acceptors (Lipinski definition) is 3. The molecule has 21 heavy (non-hydrogen) atoms. The van der Waals surface area contributed by atoms with Gasteiger partial charge in [0.05, 0.1) is 0 Å². The molecule has 1 unspecified atom stereocenters. The number of carbonyl (C=O) groups is 1. The summed E-state index contributed by atoms with van der Waals surface area (Å²) in [6.07, 6.45) is 1.80. The number of amides is 1. The van der Waals surface area contributed by atoms with Crippen LogP contribution in [-0.4, -0.2) is 24.0 Å². The number of rotatable bonds is 4. The smallest absolute Gasteiger partial charge is 0.240 e. The number of primary amides is 1. The van der Waals surface area contributed by atoms with E-state index in [0.29, 0.717) is 0 Å². The van der Waals surface area contributed by atoms with Crippen molar-refractivity contribution in [2.45, 2.75) is 51.7 Å². The molecule has 1 aromatic rings. The lowest BCUT2D eigenvalue weighted by Crippen LogP contribution is -2.40. The maximum atomic E-state index is 11.5. The minimum atomic E-state index is -0.262. The first-order valence-corrected chi connectivity index (χ1v) is 7.75. The summed E-state index contributed by atoms with van der Waals surface area (Å²) in [6.45, 7) is 7.94. The number of nitrogens with one attached hydrogen (secondary N) is 1. The molecule has 0 saturated carbocycles. The Morgan fingerprint density at radius 3 is 2.76 bits per heavy atom. The lowest BCUT2D eigenvalue weighted by Gasteiger charge is -2.25. The van der Waals surface area contributed by atoms with Gasteiger partial charge >= 0.3 is 0 Å². The summed E-state index contributed by atoms with van der Waals surface area (Å²) in [5, 5.41) is 4.14. The third-order valence-corrected chi connectivity index (χ3v) is 4.11. The molecule has 5 heteroatoms. The Hall–Kier alpha value is -1.26. The standard InChI is InChI=1S/C16H24ClN3O/c1-16(2,3)19-10-11-6-7-12(9-13(11)17)20-8-4-5-14(20)15(18)21/h6-7,9,14,19H,4-5,8,10H2,1-3H3,(H2,18,21). The van der Waals surface area contributed by atoms with Crippen LogP contribution in [-0.2, 0) is 11.3 Å². The fraction of sp³-hybridized carbons (Fsp3) is 0.562. The molecule has 0 radical (unpaired) electrons. The van der Waals surface area contributed by atoms with Crippen LogP contribution in [0.25, 0.3) is 0 Å². The first-order chi connectivity index (χ1) is 9.78. The minimum absolute atomic E-state index is 0.0496.